The molecule has 1 amide bonds. The van der Waals surface area contributed by atoms with Crippen LogP contribution in [-0.4, -0.2) is 59.8 Å². The van der Waals surface area contributed by atoms with Gasteiger partial charge in [-0.3, -0.25) is 4.79 Å². The maximum Gasteiger partial charge on any atom is 0.251 e. The van der Waals surface area contributed by atoms with Crippen LogP contribution in [0.1, 0.15) is 22.3 Å². The van der Waals surface area contributed by atoms with E-state index >= 15 is 0 Å². The van der Waals surface area contributed by atoms with E-state index in [0.29, 0.717) is 31.2 Å². The van der Waals surface area contributed by atoms with Crippen molar-refractivity contribution in [1.29, 1.82) is 0 Å². The van der Waals surface area contributed by atoms with Crippen molar-refractivity contribution in [2.75, 3.05) is 42.7 Å². The molecule has 0 aromatic carbocycles. The number of morpholine rings is 1. The van der Waals surface area contributed by atoms with Gasteiger partial charge in [0.2, 0.25) is 5.88 Å². The highest BCUT2D eigenvalue weighted by atomic mass is 32.2. The van der Waals surface area contributed by atoms with Gasteiger partial charge in [0.1, 0.15) is 11.9 Å². The van der Waals surface area contributed by atoms with Crippen LogP contribution in [0, 0.1) is 0 Å². The minimum Gasteiger partial charge on any atom is -0.473 e. The van der Waals surface area contributed by atoms with Crippen molar-refractivity contribution in [3.63, 3.8) is 0 Å². The van der Waals surface area contributed by atoms with Crippen molar-refractivity contribution in [2.45, 2.75) is 19.1 Å². The fourth-order valence-electron chi connectivity index (χ4n) is 3.21. The molecule has 2 aromatic rings. The summed E-state index contributed by atoms with van der Waals surface area (Å²) >= 11 is 1.88. The number of nitrogens with zero attached hydrogens (tertiary/aromatic N) is 3. The molecule has 4 rings (SSSR count). The van der Waals surface area contributed by atoms with Crippen LogP contribution in [0.25, 0.3) is 0 Å². The second kappa shape index (κ2) is 9.25. The number of anilines is 1. The van der Waals surface area contributed by atoms with Crippen LogP contribution in [0.5, 0.6) is 5.88 Å². The Morgan fingerprint density at radius 2 is 2.11 bits per heavy atom. The number of amides is 1. The molecule has 1 N–H and O–H groups in total. The molecule has 2 fully saturated rings. The standard InChI is InChI=1S/C20H24N4O3S/c25-20(16-2-5-22-19(12-16)27-17-3-10-28-14-17)23-13-15-1-4-21-18(11-15)24-6-8-26-9-7-24/h1-2,4-5,11-12,17H,3,6-10,13-14H2,(H,23,25). The second-order valence-electron chi connectivity index (χ2n) is 6.79. The lowest BCUT2D eigenvalue weighted by atomic mass is 10.2. The van der Waals surface area contributed by atoms with Gasteiger partial charge in [-0.25, -0.2) is 9.97 Å². The van der Waals surface area contributed by atoms with E-state index in [-0.39, 0.29) is 12.0 Å². The molecule has 2 aliphatic heterocycles. The van der Waals surface area contributed by atoms with Crippen molar-refractivity contribution in [3.8, 4) is 5.88 Å². The van der Waals surface area contributed by atoms with E-state index in [1.165, 1.54) is 0 Å². The summed E-state index contributed by atoms with van der Waals surface area (Å²) in [5, 5.41) is 2.97. The molecule has 1 unspecified atom stereocenters. The lowest BCUT2D eigenvalue weighted by molar-refractivity contribution is 0.0950. The number of thioether (sulfide) groups is 1. The Kier molecular flexibility index (Phi) is 6.28. The predicted octanol–water partition coefficient (Wildman–Crippen LogP) is 2.13. The molecular weight excluding hydrogens is 376 g/mol. The lowest BCUT2D eigenvalue weighted by Gasteiger charge is -2.28. The molecule has 8 heteroatoms. The summed E-state index contributed by atoms with van der Waals surface area (Å²) in [6.45, 7) is 3.55. The summed E-state index contributed by atoms with van der Waals surface area (Å²) in [6.07, 6.45) is 4.61. The minimum absolute atomic E-state index is 0.141. The largest absolute Gasteiger partial charge is 0.473 e. The van der Waals surface area contributed by atoms with Crippen LogP contribution >= 0.6 is 11.8 Å². The molecule has 0 saturated carbocycles. The average Bonchev–Trinajstić information content (AvgIpc) is 3.26. The number of carbonyl (C=O) groups is 1. The lowest BCUT2D eigenvalue weighted by Crippen LogP contribution is -2.36. The van der Waals surface area contributed by atoms with E-state index in [0.717, 1.165) is 42.4 Å². The summed E-state index contributed by atoms with van der Waals surface area (Å²) < 4.78 is 11.3. The maximum atomic E-state index is 12.6. The number of rotatable bonds is 6. The molecule has 7 nitrogen and oxygen atoms in total. The number of carbonyl (C=O) groups excluding carboxylic acids is 1. The Hall–Kier alpha value is -2.32. The first-order valence-electron chi connectivity index (χ1n) is 9.54. The summed E-state index contributed by atoms with van der Waals surface area (Å²) in [6, 6.07) is 7.36. The van der Waals surface area contributed by atoms with E-state index in [1.807, 2.05) is 23.9 Å². The zero-order valence-corrected chi connectivity index (χ0v) is 16.5. The summed E-state index contributed by atoms with van der Waals surface area (Å²) in [4.78, 5) is 23.4. The Morgan fingerprint density at radius 1 is 1.25 bits per heavy atom. The van der Waals surface area contributed by atoms with Gasteiger partial charge in [-0.1, -0.05) is 0 Å². The van der Waals surface area contributed by atoms with Gasteiger partial charge in [-0.2, -0.15) is 11.8 Å². The van der Waals surface area contributed by atoms with E-state index in [1.54, 1.807) is 24.5 Å². The molecule has 2 saturated heterocycles. The monoisotopic (exact) mass is 400 g/mol. The van der Waals surface area contributed by atoms with E-state index in [4.69, 9.17) is 9.47 Å². The molecule has 0 aliphatic carbocycles. The minimum atomic E-state index is -0.141. The molecule has 0 spiro atoms. The molecule has 4 heterocycles. The summed E-state index contributed by atoms with van der Waals surface area (Å²) in [5.74, 6) is 3.38. The molecule has 2 aromatic heterocycles. The van der Waals surface area contributed by atoms with Gasteiger partial charge in [-0.15, -0.1) is 0 Å². The first-order valence-corrected chi connectivity index (χ1v) is 10.7. The second-order valence-corrected chi connectivity index (χ2v) is 7.94. The zero-order chi connectivity index (χ0) is 19.2. The van der Waals surface area contributed by atoms with Crippen LogP contribution in [0.15, 0.2) is 36.7 Å². The van der Waals surface area contributed by atoms with Crippen molar-refractivity contribution in [3.05, 3.63) is 47.8 Å². The van der Waals surface area contributed by atoms with Crippen molar-refractivity contribution in [1.82, 2.24) is 15.3 Å². The topological polar surface area (TPSA) is 76.6 Å². The van der Waals surface area contributed by atoms with Gasteiger partial charge in [0.15, 0.2) is 0 Å². The highest BCUT2D eigenvalue weighted by Crippen LogP contribution is 2.22. The van der Waals surface area contributed by atoms with Crippen LogP contribution in [0.3, 0.4) is 0 Å². The Labute approximate surface area is 168 Å². The van der Waals surface area contributed by atoms with Crippen LogP contribution in [0.4, 0.5) is 5.82 Å². The molecule has 1 atom stereocenters. The van der Waals surface area contributed by atoms with Crippen LogP contribution < -0.4 is 15.0 Å². The van der Waals surface area contributed by atoms with Gasteiger partial charge in [0.05, 0.1) is 13.2 Å². The Morgan fingerprint density at radius 3 is 2.93 bits per heavy atom. The third-order valence-electron chi connectivity index (χ3n) is 4.77. The number of aromatic nitrogens is 2. The number of nitrogens with one attached hydrogen (secondary N) is 1. The maximum absolute atomic E-state index is 12.6. The van der Waals surface area contributed by atoms with Crippen LogP contribution in [-0.2, 0) is 11.3 Å². The molecule has 2 aliphatic rings. The van der Waals surface area contributed by atoms with Crippen molar-refractivity contribution < 1.29 is 14.3 Å². The molecular formula is C20H24N4O3S. The number of ether oxygens (including phenoxy) is 2. The van der Waals surface area contributed by atoms with E-state index in [2.05, 4.69) is 20.2 Å². The third kappa shape index (κ3) is 4.94. The van der Waals surface area contributed by atoms with Gasteiger partial charge < -0.3 is 19.7 Å². The van der Waals surface area contributed by atoms with Crippen molar-refractivity contribution in [2.24, 2.45) is 0 Å². The molecule has 148 valence electrons. The first-order chi connectivity index (χ1) is 13.8. The van der Waals surface area contributed by atoms with Gasteiger partial charge in [-0.05, 0) is 35.9 Å². The van der Waals surface area contributed by atoms with E-state index in [9.17, 15) is 4.79 Å². The highest BCUT2D eigenvalue weighted by Gasteiger charge is 2.18. The van der Waals surface area contributed by atoms with Gasteiger partial charge >= 0.3 is 0 Å². The summed E-state index contributed by atoms with van der Waals surface area (Å²) in [7, 11) is 0. The molecule has 28 heavy (non-hydrogen) atoms. The third-order valence-corrected chi connectivity index (χ3v) is 5.90. The summed E-state index contributed by atoms with van der Waals surface area (Å²) in [5.41, 5.74) is 1.57. The van der Waals surface area contributed by atoms with Gasteiger partial charge in [0.25, 0.3) is 5.91 Å². The van der Waals surface area contributed by atoms with Gasteiger partial charge in [0, 0.05) is 49.4 Å². The number of hydrogen-bond acceptors (Lipinski definition) is 7. The Balaban J connectivity index is 1.35. The van der Waals surface area contributed by atoms with E-state index < -0.39 is 0 Å². The number of pyridine rings is 2. The molecule has 0 bridgehead atoms. The average molecular weight is 401 g/mol. The Bertz CT molecular complexity index is 808. The van der Waals surface area contributed by atoms with Crippen molar-refractivity contribution >= 4 is 23.5 Å². The highest BCUT2D eigenvalue weighted by molar-refractivity contribution is 7.99. The zero-order valence-electron chi connectivity index (χ0n) is 15.7. The first kappa shape index (κ1) is 19.0. The normalized spacial score (nSPS) is 19.4. The fraction of sp³-hybridized carbons (Fsp3) is 0.450. The SMILES string of the molecule is O=C(NCc1ccnc(N2CCOCC2)c1)c1ccnc(OC2CCSC2)c1. The molecule has 0 radical (unpaired) electrons. The number of hydrogen-bond donors (Lipinski definition) is 1. The smallest absolute Gasteiger partial charge is 0.251 e. The fourth-order valence-corrected chi connectivity index (χ4v) is 4.31. The van der Waals surface area contributed by atoms with Crippen LogP contribution in [0.2, 0.25) is 0 Å². The quantitative estimate of drug-likeness (QED) is 0.796. The predicted molar refractivity (Wildman–Crippen MR) is 109 cm³/mol.